The second kappa shape index (κ2) is 8.67. The van der Waals surface area contributed by atoms with Gasteiger partial charge in [-0.05, 0) is 26.0 Å². The molecule has 2 aliphatic rings. The number of phenolic OH excluding ortho intramolecular Hbond substituents is 1. The molecule has 10 nitrogen and oxygen atoms in total. The van der Waals surface area contributed by atoms with Gasteiger partial charge >= 0.3 is 0 Å². The van der Waals surface area contributed by atoms with Gasteiger partial charge in [0, 0.05) is 26.2 Å². The Kier molecular flexibility index (Phi) is 5.71. The molecule has 0 amide bonds. The number of anilines is 2. The van der Waals surface area contributed by atoms with Gasteiger partial charge in [0.2, 0.25) is 17.8 Å². The number of rotatable bonds is 4. The van der Waals surface area contributed by atoms with E-state index in [1.807, 2.05) is 23.6 Å². The van der Waals surface area contributed by atoms with Crippen LogP contribution in [0.1, 0.15) is 26.1 Å². The number of aromatic nitrogens is 5. The SMILES string of the molecule is C[C@@H]1CN(c2nc(N3CCOCC3)nc(-n3c(C(F)F)nc4c(O)cccc43)n2)C[C@H](C)O1. The van der Waals surface area contributed by atoms with Gasteiger partial charge in [-0.25, -0.2) is 13.8 Å². The number of imidazole rings is 1. The van der Waals surface area contributed by atoms with Gasteiger partial charge in [-0.2, -0.15) is 15.0 Å². The second-order valence-electron chi connectivity index (χ2n) is 8.25. The van der Waals surface area contributed by atoms with Crippen LogP contribution in [0.5, 0.6) is 5.75 Å². The van der Waals surface area contributed by atoms with Crippen LogP contribution < -0.4 is 9.80 Å². The number of aromatic hydroxyl groups is 1. The minimum Gasteiger partial charge on any atom is -0.506 e. The number of ether oxygens (including phenoxy) is 2. The van der Waals surface area contributed by atoms with Crippen molar-refractivity contribution in [1.82, 2.24) is 24.5 Å². The van der Waals surface area contributed by atoms with E-state index in [9.17, 15) is 13.9 Å². The number of phenols is 1. The van der Waals surface area contributed by atoms with Gasteiger partial charge in [-0.1, -0.05) is 6.07 Å². The third kappa shape index (κ3) is 4.15. The number of nitrogens with zero attached hydrogens (tertiary/aromatic N) is 7. The molecule has 0 bridgehead atoms. The minimum absolute atomic E-state index is 0.0247. The Morgan fingerprint density at radius 3 is 2.24 bits per heavy atom. The summed E-state index contributed by atoms with van der Waals surface area (Å²) in [6.07, 6.45) is -2.97. The number of benzene rings is 1. The largest absolute Gasteiger partial charge is 0.506 e. The summed E-state index contributed by atoms with van der Waals surface area (Å²) in [5, 5.41) is 10.2. The summed E-state index contributed by atoms with van der Waals surface area (Å²) in [7, 11) is 0. The van der Waals surface area contributed by atoms with E-state index in [1.54, 1.807) is 12.1 Å². The Labute approximate surface area is 188 Å². The van der Waals surface area contributed by atoms with Gasteiger partial charge in [0.05, 0.1) is 30.9 Å². The molecule has 0 aliphatic carbocycles. The van der Waals surface area contributed by atoms with E-state index in [0.29, 0.717) is 56.8 Å². The van der Waals surface area contributed by atoms with E-state index in [1.165, 1.54) is 10.6 Å². The molecule has 0 spiro atoms. The Bertz CT molecular complexity index is 1140. The normalized spacial score (nSPS) is 21.8. The van der Waals surface area contributed by atoms with Crippen molar-refractivity contribution in [3.8, 4) is 11.7 Å². The highest BCUT2D eigenvalue weighted by molar-refractivity contribution is 5.83. The molecule has 4 heterocycles. The molecule has 12 heteroatoms. The van der Waals surface area contributed by atoms with E-state index in [2.05, 4.69) is 19.9 Å². The molecule has 176 valence electrons. The van der Waals surface area contributed by atoms with E-state index in [4.69, 9.17) is 9.47 Å². The van der Waals surface area contributed by atoms with Gasteiger partial charge in [0.15, 0.2) is 5.82 Å². The van der Waals surface area contributed by atoms with Gasteiger partial charge in [0.1, 0.15) is 11.3 Å². The molecule has 0 saturated carbocycles. The number of morpholine rings is 2. The molecule has 1 N–H and O–H groups in total. The van der Waals surface area contributed by atoms with Gasteiger partial charge < -0.3 is 24.4 Å². The first kappa shape index (κ1) is 21.7. The zero-order chi connectivity index (χ0) is 23.1. The van der Waals surface area contributed by atoms with Crippen LogP contribution in [0.25, 0.3) is 17.0 Å². The molecule has 2 saturated heterocycles. The minimum atomic E-state index is -2.90. The fourth-order valence-corrected chi connectivity index (χ4v) is 4.29. The molecular weight excluding hydrogens is 436 g/mol. The van der Waals surface area contributed by atoms with Crippen molar-refractivity contribution < 1.29 is 23.4 Å². The number of alkyl halides is 2. The van der Waals surface area contributed by atoms with Gasteiger partial charge in [0.25, 0.3) is 6.43 Å². The first-order valence-corrected chi connectivity index (χ1v) is 10.9. The Balaban J connectivity index is 1.69. The average molecular weight is 461 g/mol. The van der Waals surface area contributed by atoms with E-state index >= 15 is 0 Å². The molecule has 1 aromatic carbocycles. The average Bonchev–Trinajstić information content (AvgIpc) is 3.20. The molecule has 2 fully saturated rings. The molecule has 2 aliphatic heterocycles. The van der Waals surface area contributed by atoms with Gasteiger partial charge in [-0.3, -0.25) is 4.57 Å². The predicted octanol–water partition coefficient (Wildman–Crippen LogP) is 2.30. The number of para-hydroxylation sites is 1. The first-order valence-electron chi connectivity index (χ1n) is 10.9. The molecule has 2 aromatic heterocycles. The predicted molar refractivity (Wildman–Crippen MR) is 116 cm³/mol. The van der Waals surface area contributed by atoms with Crippen LogP contribution in [0, 0.1) is 0 Å². The maximum Gasteiger partial charge on any atom is 0.296 e. The highest BCUT2D eigenvalue weighted by Crippen LogP contribution is 2.32. The van der Waals surface area contributed by atoms with Crippen molar-refractivity contribution >= 4 is 22.9 Å². The smallest absolute Gasteiger partial charge is 0.296 e. The highest BCUT2D eigenvalue weighted by atomic mass is 19.3. The third-order valence-electron chi connectivity index (χ3n) is 5.68. The molecule has 0 radical (unpaired) electrons. The van der Waals surface area contributed by atoms with Crippen molar-refractivity contribution in [2.75, 3.05) is 49.2 Å². The maximum absolute atomic E-state index is 14.0. The summed E-state index contributed by atoms with van der Waals surface area (Å²) in [4.78, 5) is 21.7. The molecule has 0 unspecified atom stereocenters. The molecule has 33 heavy (non-hydrogen) atoms. The second-order valence-corrected chi connectivity index (χ2v) is 8.25. The molecule has 2 atom stereocenters. The topological polar surface area (TPSA) is 102 Å². The lowest BCUT2D eigenvalue weighted by Crippen LogP contribution is -2.46. The zero-order valence-electron chi connectivity index (χ0n) is 18.4. The van der Waals surface area contributed by atoms with Crippen LogP contribution in [-0.4, -0.2) is 81.2 Å². The summed E-state index contributed by atoms with van der Waals surface area (Å²) < 4.78 is 40.5. The van der Waals surface area contributed by atoms with Crippen LogP contribution >= 0.6 is 0 Å². The van der Waals surface area contributed by atoms with Crippen molar-refractivity contribution in [2.45, 2.75) is 32.5 Å². The molecule has 5 rings (SSSR count). The Hall–Kier alpha value is -3.12. The van der Waals surface area contributed by atoms with E-state index in [0.717, 1.165) is 0 Å². The quantitative estimate of drug-likeness (QED) is 0.627. The number of hydrogen-bond donors (Lipinski definition) is 1. The van der Waals surface area contributed by atoms with Crippen LogP contribution in [0.3, 0.4) is 0 Å². The number of halogens is 2. The summed E-state index contributed by atoms with van der Waals surface area (Å²) in [5.41, 5.74) is 0.357. The first-order chi connectivity index (χ1) is 15.9. The maximum atomic E-state index is 14.0. The molecular formula is C21H25F2N7O3. The Morgan fingerprint density at radius 2 is 1.58 bits per heavy atom. The summed E-state index contributed by atoms with van der Waals surface area (Å²) in [6.45, 7) is 7.24. The van der Waals surface area contributed by atoms with E-state index in [-0.39, 0.29) is 29.4 Å². The van der Waals surface area contributed by atoms with Crippen LogP contribution in [-0.2, 0) is 9.47 Å². The zero-order valence-corrected chi connectivity index (χ0v) is 18.4. The highest BCUT2D eigenvalue weighted by Gasteiger charge is 2.29. The number of fused-ring (bicyclic) bond motifs is 1. The number of hydrogen-bond acceptors (Lipinski definition) is 9. The van der Waals surface area contributed by atoms with Crippen LogP contribution in [0.4, 0.5) is 20.7 Å². The summed E-state index contributed by atoms with van der Waals surface area (Å²) in [6, 6.07) is 4.58. The van der Waals surface area contributed by atoms with E-state index < -0.39 is 12.2 Å². The fourth-order valence-electron chi connectivity index (χ4n) is 4.29. The van der Waals surface area contributed by atoms with Crippen molar-refractivity contribution in [3.05, 3.63) is 24.0 Å². The Morgan fingerprint density at radius 1 is 0.939 bits per heavy atom. The summed E-state index contributed by atoms with van der Waals surface area (Å²) in [5.74, 6) is 0.0571. The monoisotopic (exact) mass is 461 g/mol. The standard InChI is InChI=1S/C21H25F2N7O3/c1-12-10-29(11-13(2)33-12)20-25-19(28-6-8-32-9-7-28)26-21(27-20)30-14-4-3-5-15(31)16(14)24-18(30)17(22)23/h3-5,12-13,17,31H,6-11H2,1-2H3/t12-,13+. The van der Waals surface area contributed by atoms with Crippen LogP contribution in [0.2, 0.25) is 0 Å². The van der Waals surface area contributed by atoms with Crippen molar-refractivity contribution in [2.24, 2.45) is 0 Å². The lowest BCUT2D eigenvalue weighted by Gasteiger charge is -2.36. The lowest BCUT2D eigenvalue weighted by atomic mass is 10.2. The fraction of sp³-hybridized carbons (Fsp3) is 0.524. The molecule has 3 aromatic rings. The van der Waals surface area contributed by atoms with Crippen molar-refractivity contribution in [3.63, 3.8) is 0 Å². The van der Waals surface area contributed by atoms with Gasteiger partial charge in [-0.15, -0.1) is 0 Å². The third-order valence-corrected chi connectivity index (χ3v) is 5.68. The lowest BCUT2D eigenvalue weighted by molar-refractivity contribution is -0.00573. The summed E-state index contributed by atoms with van der Waals surface area (Å²) >= 11 is 0. The van der Waals surface area contributed by atoms with Crippen molar-refractivity contribution in [1.29, 1.82) is 0 Å². The van der Waals surface area contributed by atoms with Crippen LogP contribution in [0.15, 0.2) is 18.2 Å².